The molecule has 2 aromatic rings. The highest BCUT2D eigenvalue weighted by Gasteiger charge is 2.19. The third kappa shape index (κ3) is 2.68. The van der Waals surface area contributed by atoms with Gasteiger partial charge in [-0.3, -0.25) is 0 Å². The first kappa shape index (κ1) is 14.1. The molecule has 0 amide bonds. The van der Waals surface area contributed by atoms with E-state index in [2.05, 4.69) is 17.6 Å². The molecule has 4 heteroatoms. The Labute approximate surface area is 125 Å². The van der Waals surface area contributed by atoms with Gasteiger partial charge in [-0.25, -0.2) is 4.98 Å². The Bertz CT molecular complexity index is 646. The number of nitrogens with two attached hydrogens (primary N) is 1. The third-order valence-corrected chi connectivity index (χ3v) is 4.33. The minimum absolute atomic E-state index is 0.554. The molecule has 0 bridgehead atoms. The van der Waals surface area contributed by atoms with Crippen LogP contribution in [0.15, 0.2) is 18.2 Å². The van der Waals surface area contributed by atoms with Crippen molar-refractivity contribution in [2.75, 3.05) is 7.11 Å². The van der Waals surface area contributed by atoms with Gasteiger partial charge in [0, 0.05) is 17.8 Å². The Kier molecular flexibility index (Phi) is 3.97. The topological polar surface area (TPSA) is 53.1 Å². The molecule has 1 aliphatic rings. The van der Waals surface area contributed by atoms with Crippen molar-refractivity contribution in [3.8, 4) is 5.75 Å². The van der Waals surface area contributed by atoms with Crippen molar-refractivity contribution in [2.45, 2.75) is 45.7 Å². The van der Waals surface area contributed by atoms with E-state index in [1.54, 1.807) is 7.11 Å². The second-order valence-electron chi connectivity index (χ2n) is 5.70. The molecule has 0 unspecified atom stereocenters. The van der Waals surface area contributed by atoms with Gasteiger partial charge in [0.25, 0.3) is 0 Å². The molecule has 1 aromatic heterocycles. The fourth-order valence-corrected chi connectivity index (χ4v) is 3.20. The zero-order valence-electron chi connectivity index (χ0n) is 12.9. The lowest BCUT2D eigenvalue weighted by Crippen LogP contribution is -2.11. The minimum Gasteiger partial charge on any atom is -0.496 e. The van der Waals surface area contributed by atoms with E-state index in [1.165, 1.54) is 29.8 Å². The monoisotopic (exact) mass is 285 g/mol. The first-order chi connectivity index (χ1) is 10.2. The highest BCUT2D eigenvalue weighted by atomic mass is 16.5. The molecule has 0 spiro atoms. The number of benzene rings is 1. The highest BCUT2D eigenvalue weighted by molar-refractivity contribution is 5.38. The van der Waals surface area contributed by atoms with Crippen LogP contribution in [-0.2, 0) is 25.9 Å². The van der Waals surface area contributed by atoms with Crippen LogP contribution in [0.4, 0.5) is 0 Å². The van der Waals surface area contributed by atoms with Crippen molar-refractivity contribution < 1.29 is 4.74 Å². The summed E-state index contributed by atoms with van der Waals surface area (Å²) < 4.78 is 7.84. The largest absolute Gasteiger partial charge is 0.496 e. The average Bonchev–Trinajstić information content (AvgIpc) is 2.83. The van der Waals surface area contributed by atoms with Gasteiger partial charge in [-0.1, -0.05) is 6.07 Å². The molecule has 21 heavy (non-hydrogen) atoms. The highest BCUT2D eigenvalue weighted by Crippen LogP contribution is 2.26. The molecule has 1 heterocycles. The number of hydrogen-bond donors (Lipinski definition) is 1. The molecule has 0 saturated carbocycles. The maximum atomic E-state index is 5.76. The first-order valence-corrected chi connectivity index (χ1v) is 7.63. The van der Waals surface area contributed by atoms with Crippen molar-refractivity contribution in [1.82, 2.24) is 9.55 Å². The molecule has 0 radical (unpaired) electrons. The van der Waals surface area contributed by atoms with Gasteiger partial charge in [-0.2, -0.15) is 0 Å². The molecular weight excluding hydrogens is 262 g/mol. The van der Waals surface area contributed by atoms with E-state index in [0.717, 1.165) is 36.5 Å². The fraction of sp³-hybridized carbons (Fsp3) is 0.471. The molecule has 4 nitrogen and oxygen atoms in total. The van der Waals surface area contributed by atoms with Crippen LogP contribution in [0.25, 0.3) is 0 Å². The smallest absolute Gasteiger partial charge is 0.123 e. The second kappa shape index (κ2) is 5.90. The van der Waals surface area contributed by atoms with Crippen LogP contribution in [-0.4, -0.2) is 16.7 Å². The lowest BCUT2D eigenvalue weighted by atomic mass is 10.0. The number of fused-ring (bicyclic) bond motifs is 1. The van der Waals surface area contributed by atoms with E-state index < -0.39 is 0 Å². The number of hydrogen-bond acceptors (Lipinski definition) is 3. The quantitative estimate of drug-likeness (QED) is 0.939. The van der Waals surface area contributed by atoms with Gasteiger partial charge >= 0.3 is 0 Å². The number of imidazole rings is 1. The summed E-state index contributed by atoms with van der Waals surface area (Å²) in [5.41, 5.74) is 10.8. The number of aryl methyl sites for hydroxylation is 2. The number of nitrogens with zero attached hydrogens (tertiary/aromatic N) is 2. The summed E-state index contributed by atoms with van der Waals surface area (Å²) >= 11 is 0. The predicted octanol–water partition coefficient (Wildman–Crippen LogP) is 2.59. The van der Waals surface area contributed by atoms with Crippen LogP contribution in [0.1, 0.15) is 41.2 Å². The summed E-state index contributed by atoms with van der Waals surface area (Å²) in [4.78, 5) is 4.74. The van der Waals surface area contributed by atoms with Gasteiger partial charge in [0.05, 0.1) is 19.3 Å². The number of aromatic nitrogens is 2. The van der Waals surface area contributed by atoms with Crippen molar-refractivity contribution in [1.29, 1.82) is 0 Å². The van der Waals surface area contributed by atoms with Gasteiger partial charge < -0.3 is 15.0 Å². The van der Waals surface area contributed by atoms with E-state index in [0.29, 0.717) is 6.54 Å². The maximum absolute atomic E-state index is 5.76. The van der Waals surface area contributed by atoms with Gasteiger partial charge in [0.1, 0.15) is 11.6 Å². The summed E-state index contributed by atoms with van der Waals surface area (Å²) in [6, 6.07) is 6.18. The van der Waals surface area contributed by atoms with Crippen molar-refractivity contribution in [3.05, 3.63) is 46.5 Å². The average molecular weight is 285 g/mol. The molecule has 0 atom stereocenters. The Balaban J connectivity index is 1.98. The van der Waals surface area contributed by atoms with E-state index >= 15 is 0 Å². The molecule has 1 aliphatic carbocycles. The fourth-order valence-electron chi connectivity index (χ4n) is 3.20. The Hall–Kier alpha value is -1.81. The summed E-state index contributed by atoms with van der Waals surface area (Å²) in [7, 11) is 1.72. The normalized spacial score (nSPS) is 14.0. The maximum Gasteiger partial charge on any atom is 0.123 e. The summed E-state index contributed by atoms with van der Waals surface area (Å²) in [6.07, 6.45) is 4.77. The van der Waals surface area contributed by atoms with Crippen LogP contribution in [0.5, 0.6) is 5.75 Å². The molecule has 2 N–H and O–H groups in total. The standard InChI is InChI=1S/C17H23N3O/c1-12-19-15-5-3-4-6-16(15)20(12)11-14-9-13(10-18)7-8-17(14)21-2/h7-9H,3-6,10-11,18H2,1-2H3. The molecule has 1 aromatic carbocycles. The van der Waals surface area contributed by atoms with Crippen LogP contribution in [0.3, 0.4) is 0 Å². The minimum atomic E-state index is 0.554. The van der Waals surface area contributed by atoms with Crippen molar-refractivity contribution >= 4 is 0 Å². The molecule has 0 fully saturated rings. The second-order valence-corrected chi connectivity index (χ2v) is 5.70. The van der Waals surface area contributed by atoms with Crippen LogP contribution in [0.2, 0.25) is 0 Å². The lowest BCUT2D eigenvalue weighted by Gasteiger charge is -2.17. The molecule has 0 saturated heterocycles. The molecular formula is C17H23N3O. The summed E-state index contributed by atoms with van der Waals surface area (Å²) in [5.74, 6) is 2.02. The molecule has 0 aliphatic heterocycles. The van der Waals surface area contributed by atoms with E-state index in [4.69, 9.17) is 15.5 Å². The summed E-state index contributed by atoms with van der Waals surface area (Å²) in [5, 5.41) is 0. The van der Waals surface area contributed by atoms with E-state index in [1.807, 2.05) is 12.1 Å². The Morgan fingerprint density at radius 1 is 1.29 bits per heavy atom. The zero-order valence-corrected chi connectivity index (χ0v) is 12.9. The number of ether oxygens (including phenoxy) is 1. The van der Waals surface area contributed by atoms with Crippen molar-refractivity contribution in [2.24, 2.45) is 5.73 Å². The number of methoxy groups -OCH3 is 1. The van der Waals surface area contributed by atoms with Gasteiger partial charge in [0.2, 0.25) is 0 Å². The SMILES string of the molecule is COc1ccc(CN)cc1Cn1c(C)nc2c1CCCC2. The van der Waals surface area contributed by atoms with Gasteiger partial charge in [-0.05, 0) is 50.3 Å². The Morgan fingerprint density at radius 3 is 2.86 bits per heavy atom. The first-order valence-electron chi connectivity index (χ1n) is 7.63. The van der Waals surface area contributed by atoms with Crippen LogP contribution < -0.4 is 10.5 Å². The summed E-state index contributed by atoms with van der Waals surface area (Å²) in [6.45, 7) is 3.46. The predicted molar refractivity (Wildman–Crippen MR) is 83.6 cm³/mol. The van der Waals surface area contributed by atoms with Gasteiger partial charge in [-0.15, -0.1) is 0 Å². The molecule has 112 valence electrons. The van der Waals surface area contributed by atoms with Crippen molar-refractivity contribution in [3.63, 3.8) is 0 Å². The Morgan fingerprint density at radius 2 is 2.10 bits per heavy atom. The van der Waals surface area contributed by atoms with E-state index in [-0.39, 0.29) is 0 Å². The van der Waals surface area contributed by atoms with Crippen LogP contribution in [0, 0.1) is 6.92 Å². The molecule has 3 rings (SSSR count). The van der Waals surface area contributed by atoms with E-state index in [9.17, 15) is 0 Å². The zero-order chi connectivity index (χ0) is 14.8. The third-order valence-electron chi connectivity index (χ3n) is 4.33. The number of rotatable bonds is 4. The van der Waals surface area contributed by atoms with Crippen LogP contribution >= 0.6 is 0 Å². The van der Waals surface area contributed by atoms with Gasteiger partial charge in [0.15, 0.2) is 0 Å². The lowest BCUT2D eigenvalue weighted by molar-refractivity contribution is 0.407.